The fourth-order valence-corrected chi connectivity index (χ4v) is 4.05. The van der Waals surface area contributed by atoms with E-state index in [2.05, 4.69) is 15.6 Å². The summed E-state index contributed by atoms with van der Waals surface area (Å²) in [4.78, 5) is 30.9. The number of likely N-dealkylation sites (tertiary alicyclic amines) is 1. The number of carbonyl (C=O) groups excluding carboxylic acids is 2. The highest BCUT2D eigenvalue weighted by Gasteiger charge is 2.26. The summed E-state index contributed by atoms with van der Waals surface area (Å²) in [5.74, 6) is 0.784. The zero-order chi connectivity index (χ0) is 18.9. The van der Waals surface area contributed by atoms with E-state index >= 15 is 0 Å². The van der Waals surface area contributed by atoms with E-state index in [4.69, 9.17) is 0 Å². The molecule has 3 amide bonds. The zero-order valence-corrected chi connectivity index (χ0v) is 16.2. The molecule has 1 aliphatic heterocycles. The van der Waals surface area contributed by atoms with Crippen LogP contribution in [-0.2, 0) is 0 Å². The van der Waals surface area contributed by atoms with Crippen molar-refractivity contribution < 1.29 is 9.59 Å². The van der Waals surface area contributed by atoms with Crippen molar-refractivity contribution in [2.45, 2.75) is 32.1 Å². The molecule has 1 atom stereocenters. The number of unbranched alkanes of at least 4 members (excludes halogenated alkanes) is 2. The van der Waals surface area contributed by atoms with Crippen LogP contribution in [0.4, 0.5) is 10.5 Å². The van der Waals surface area contributed by atoms with Crippen molar-refractivity contribution in [1.29, 1.82) is 0 Å². The van der Waals surface area contributed by atoms with Gasteiger partial charge in [-0.3, -0.25) is 9.78 Å². The number of aromatic nitrogens is 1. The third-order valence-electron chi connectivity index (χ3n) is 4.80. The van der Waals surface area contributed by atoms with Crippen molar-refractivity contribution in [1.82, 2.24) is 15.2 Å². The number of anilines is 1. The maximum atomic E-state index is 12.3. The number of urea groups is 1. The van der Waals surface area contributed by atoms with Gasteiger partial charge in [0.05, 0.1) is 16.8 Å². The van der Waals surface area contributed by atoms with Crippen LogP contribution in [0.1, 0.15) is 41.8 Å². The Kier molecular flexibility index (Phi) is 7.21. The number of rotatable bonds is 8. The molecule has 1 aliphatic rings. The standard InChI is InChI=1S/C20H26N4O2S/c25-19(18-8-5-13-27-18)24-12-9-16(15-24)6-2-1-3-11-22-20(26)23-17-7-4-10-21-14-17/h4-5,7-8,10,13-14,16H,1-3,6,9,11-12,15H2,(H2,22,23,26). The summed E-state index contributed by atoms with van der Waals surface area (Å²) in [6, 6.07) is 7.23. The van der Waals surface area contributed by atoms with Crippen molar-refractivity contribution in [2.24, 2.45) is 5.92 Å². The second-order valence-corrected chi connectivity index (χ2v) is 7.80. The predicted molar refractivity (Wildman–Crippen MR) is 108 cm³/mol. The molecule has 0 aromatic carbocycles. The maximum absolute atomic E-state index is 12.3. The number of pyridine rings is 1. The lowest BCUT2D eigenvalue weighted by molar-refractivity contribution is 0.0791. The molecule has 6 nitrogen and oxygen atoms in total. The molecule has 0 radical (unpaired) electrons. The summed E-state index contributed by atoms with van der Waals surface area (Å²) in [5.41, 5.74) is 0.692. The van der Waals surface area contributed by atoms with Crippen molar-refractivity contribution in [3.8, 4) is 0 Å². The van der Waals surface area contributed by atoms with E-state index in [1.54, 1.807) is 24.5 Å². The molecule has 3 rings (SSSR count). The second-order valence-electron chi connectivity index (χ2n) is 6.86. The fourth-order valence-electron chi connectivity index (χ4n) is 3.36. The lowest BCUT2D eigenvalue weighted by Crippen LogP contribution is -2.29. The van der Waals surface area contributed by atoms with E-state index in [0.717, 1.165) is 50.1 Å². The maximum Gasteiger partial charge on any atom is 0.319 e. The zero-order valence-electron chi connectivity index (χ0n) is 15.4. The first-order chi connectivity index (χ1) is 13.2. The van der Waals surface area contributed by atoms with Gasteiger partial charge < -0.3 is 15.5 Å². The Balaban J connectivity index is 1.24. The number of carbonyl (C=O) groups is 2. The van der Waals surface area contributed by atoms with Gasteiger partial charge in [-0.2, -0.15) is 0 Å². The van der Waals surface area contributed by atoms with Crippen LogP contribution in [0.15, 0.2) is 42.0 Å². The second kappa shape index (κ2) is 10.1. The predicted octanol–water partition coefficient (Wildman–Crippen LogP) is 3.99. The summed E-state index contributed by atoms with van der Waals surface area (Å²) in [5, 5.41) is 7.57. The smallest absolute Gasteiger partial charge is 0.319 e. The molecule has 0 saturated carbocycles. The highest BCUT2D eigenvalue weighted by atomic mass is 32.1. The van der Waals surface area contributed by atoms with Gasteiger partial charge in [-0.05, 0) is 48.8 Å². The first-order valence-electron chi connectivity index (χ1n) is 9.50. The lowest BCUT2D eigenvalue weighted by Gasteiger charge is -2.15. The van der Waals surface area contributed by atoms with Crippen LogP contribution in [0.25, 0.3) is 0 Å². The number of hydrogen-bond acceptors (Lipinski definition) is 4. The van der Waals surface area contributed by atoms with Gasteiger partial charge in [-0.15, -0.1) is 11.3 Å². The fraction of sp³-hybridized carbons (Fsp3) is 0.450. The van der Waals surface area contributed by atoms with Crippen molar-refractivity contribution >= 4 is 29.0 Å². The van der Waals surface area contributed by atoms with Gasteiger partial charge in [0.2, 0.25) is 0 Å². The van der Waals surface area contributed by atoms with Crippen molar-refractivity contribution in [2.75, 3.05) is 25.0 Å². The van der Waals surface area contributed by atoms with E-state index in [9.17, 15) is 9.59 Å². The molecular formula is C20H26N4O2S. The monoisotopic (exact) mass is 386 g/mol. The van der Waals surface area contributed by atoms with E-state index in [0.29, 0.717) is 18.2 Å². The quantitative estimate of drug-likeness (QED) is 0.674. The van der Waals surface area contributed by atoms with Gasteiger partial charge in [0.15, 0.2) is 0 Å². The Morgan fingerprint density at radius 1 is 1.22 bits per heavy atom. The Hall–Kier alpha value is -2.41. The molecule has 3 heterocycles. The normalized spacial score (nSPS) is 16.3. The Labute approximate surface area is 164 Å². The van der Waals surface area contributed by atoms with Crippen LogP contribution in [0.3, 0.4) is 0 Å². The van der Waals surface area contributed by atoms with Crippen molar-refractivity contribution in [3.63, 3.8) is 0 Å². The van der Waals surface area contributed by atoms with Crippen LogP contribution in [0.2, 0.25) is 0 Å². The van der Waals surface area contributed by atoms with Crippen LogP contribution in [-0.4, -0.2) is 41.5 Å². The van der Waals surface area contributed by atoms with E-state index in [-0.39, 0.29) is 11.9 Å². The molecule has 1 saturated heterocycles. The molecule has 0 spiro atoms. The van der Waals surface area contributed by atoms with Gasteiger partial charge in [0.25, 0.3) is 5.91 Å². The average molecular weight is 387 g/mol. The van der Waals surface area contributed by atoms with Gasteiger partial charge in [-0.1, -0.05) is 18.9 Å². The highest BCUT2D eigenvalue weighted by molar-refractivity contribution is 7.12. The number of thiophene rings is 1. The average Bonchev–Trinajstić information content (AvgIpc) is 3.37. The van der Waals surface area contributed by atoms with Crippen LogP contribution in [0.5, 0.6) is 0 Å². The van der Waals surface area contributed by atoms with Crippen LogP contribution >= 0.6 is 11.3 Å². The number of amides is 3. The van der Waals surface area contributed by atoms with Crippen LogP contribution in [0, 0.1) is 5.92 Å². The van der Waals surface area contributed by atoms with Crippen molar-refractivity contribution in [3.05, 3.63) is 46.9 Å². The van der Waals surface area contributed by atoms with Gasteiger partial charge >= 0.3 is 6.03 Å². The molecule has 27 heavy (non-hydrogen) atoms. The lowest BCUT2D eigenvalue weighted by atomic mass is 10.0. The topological polar surface area (TPSA) is 74.3 Å². The largest absolute Gasteiger partial charge is 0.338 e. The summed E-state index contributed by atoms with van der Waals surface area (Å²) in [7, 11) is 0. The summed E-state index contributed by atoms with van der Waals surface area (Å²) in [6.45, 7) is 2.42. The Morgan fingerprint density at radius 3 is 2.93 bits per heavy atom. The minimum atomic E-state index is -0.193. The number of nitrogens with zero attached hydrogens (tertiary/aromatic N) is 2. The summed E-state index contributed by atoms with van der Waals surface area (Å²) < 4.78 is 0. The molecule has 1 unspecified atom stereocenters. The molecule has 2 aromatic heterocycles. The molecule has 7 heteroatoms. The number of hydrogen-bond donors (Lipinski definition) is 2. The van der Waals surface area contributed by atoms with E-state index in [1.165, 1.54) is 11.3 Å². The molecule has 2 N–H and O–H groups in total. The molecule has 2 aromatic rings. The Morgan fingerprint density at radius 2 is 2.15 bits per heavy atom. The van der Waals surface area contributed by atoms with Gasteiger partial charge in [0.1, 0.15) is 0 Å². The van der Waals surface area contributed by atoms with E-state index in [1.807, 2.05) is 22.4 Å². The van der Waals surface area contributed by atoms with E-state index < -0.39 is 0 Å². The minimum absolute atomic E-state index is 0.177. The number of nitrogens with one attached hydrogen (secondary N) is 2. The van der Waals surface area contributed by atoms with Crippen LogP contribution < -0.4 is 10.6 Å². The molecule has 0 aliphatic carbocycles. The third kappa shape index (κ3) is 6.06. The first kappa shape index (κ1) is 19.4. The highest BCUT2D eigenvalue weighted by Crippen LogP contribution is 2.24. The summed E-state index contributed by atoms with van der Waals surface area (Å²) >= 11 is 1.51. The van der Waals surface area contributed by atoms with Gasteiger partial charge in [0, 0.05) is 25.8 Å². The molecule has 1 fully saturated rings. The summed E-state index contributed by atoms with van der Waals surface area (Å²) in [6.07, 6.45) is 8.72. The minimum Gasteiger partial charge on any atom is -0.338 e. The SMILES string of the molecule is O=C(NCCCCCC1CCN(C(=O)c2cccs2)C1)Nc1cccnc1. The third-order valence-corrected chi connectivity index (χ3v) is 5.66. The Bertz CT molecular complexity index is 721. The molecular weight excluding hydrogens is 360 g/mol. The first-order valence-corrected chi connectivity index (χ1v) is 10.4. The molecule has 144 valence electrons. The molecule has 0 bridgehead atoms. The van der Waals surface area contributed by atoms with Gasteiger partial charge in [-0.25, -0.2) is 4.79 Å².